The van der Waals surface area contributed by atoms with Crippen LogP contribution in [0, 0.1) is 0 Å². The Hall–Kier alpha value is -2.50. The number of carboxylic acid groups (broad SMARTS) is 1. The summed E-state index contributed by atoms with van der Waals surface area (Å²) in [6, 6.07) is 6.66. The van der Waals surface area contributed by atoms with Crippen molar-refractivity contribution in [2.75, 3.05) is 0 Å². The van der Waals surface area contributed by atoms with Gasteiger partial charge in [0, 0.05) is 5.92 Å². The van der Waals surface area contributed by atoms with E-state index in [2.05, 4.69) is 10.3 Å². The highest BCUT2D eigenvalue weighted by molar-refractivity contribution is 5.87. The Bertz CT molecular complexity index is 672. The van der Waals surface area contributed by atoms with Gasteiger partial charge in [0.05, 0.1) is 17.8 Å². The topological polar surface area (TPSA) is 85.1 Å². The second kappa shape index (κ2) is 5.47. The number of hydrogen-bond acceptors (Lipinski definition) is 4. The van der Waals surface area contributed by atoms with Crippen LogP contribution < -0.4 is 0 Å². The summed E-state index contributed by atoms with van der Waals surface area (Å²) in [6.07, 6.45) is 4.05. The van der Waals surface area contributed by atoms with E-state index < -0.39 is 5.97 Å². The third kappa shape index (κ3) is 2.56. The number of carboxylic acids is 1. The standard InChI is InChI=1S/C15H15N3O3/c19-9-13-14(11-2-1-3-11)18(17-16-13)8-10-4-6-12(7-5-10)15(20)21/h4-7,9,11H,1-3,8H2,(H,20,21). The third-order valence-corrected chi connectivity index (χ3v) is 3.94. The Kier molecular flexibility index (Phi) is 3.51. The number of aldehydes is 1. The molecular weight excluding hydrogens is 270 g/mol. The van der Waals surface area contributed by atoms with Gasteiger partial charge < -0.3 is 5.11 Å². The molecule has 0 aliphatic heterocycles. The van der Waals surface area contributed by atoms with E-state index in [0.717, 1.165) is 30.4 Å². The molecule has 1 aliphatic carbocycles. The molecule has 3 rings (SSSR count). The highest BCUT2D eigenvalue weighted by Gasteiger charge is 2.27. The Morgan fingerprint density at radius 3 is 2.57 bits per heavy atom. The average molecular weight is 285 g/mol. The predicted octanol–water partition coefficient (Wildman–Crippen LogP) is 2.10. The molecule has 6 heteroatoms. The third-order valence-electron chi connectivity index (χ3n) is 3.94. The maximum absolute atomic E-state index is 11.1. The van der Waals surface area contributed by atoms with Gasteiger partial charge in [-0.05, 0) is 30.5 Å². The van der Waals surface area contributed by atoms with Gasteiger partial charge in [-0.1, -0.05) is 23.8 Å². The Balaban J connectivity index is 1.85. The highest BCUT2D eigenvalue weighted by Crippen LogP contribution is 2.37. The lowest BCUT2D eigenvalue weighted by molar-refractivity contribution is 0.0696. The molecule has 0 saturated heterocycles. The van der Waals surface area contributed by atoms with Crippen LogP contribution in [0.15, 0.2) is 24.3 Å². The van der Waals surface area contributed by atoms with Crippen LogP contribution in [0.25, 0.3) is 0 Å². The van der Waals surface area contributed by atoms with E-state index in [1.54, 1.807) is 28.9 Å². The minimum atomic E-state index is -0.944. The highest BCUT2D eigenvalue weighted by atomic mass is 16.4. The van der Waals surface area contributed by atoms with Gasteiger partial charge in [0.25, 0.3) is 0 Å². The zero-order chi connectivity index (χ0) is 14.8. The predicted molar refractivity (Wildman–Crippen MR) is 74.5 cm³/mol. The number of aromatic nitrogens is 3. The van der Waals surface area contributed by atoms with Crippen molar-refractivity contribution in [2.24, 2.45) is 0 Å². The molecular formula is C15H15N3O3. The van der Waals surface area contributed by atoms with Crippen molar-refractivity contribution in [3.8, 4) is 0 Å². The number of carbonyl (C=O) groups excluding carboxylic acids is 1. The molecule has 1 aromatic heterocycles. The first kappa shape index (κ1) is 13.5. The van der Waals surface area contributed by atoms with E-state index in [1.807, 2.05) is 0 Å². The lowest BCUT2D eigenvalue weighted by Gasteiger charge is -2.26. The Morgan fingerprint density at radius 2 is 2.05 bits per heavy atom. The first-order valence-corrected chi connectivity index (χ1v) is 6.90. The lowest BCUT2D eigenvalue weighted by atomic mass is 9.82. The molecule has 1 aliphatic rings. The minimum Gasteiger partial charge on any atom is -0.478 e. The van der Waals surface area contributed by atoms with Crippen LogP contribution in [-0.2, 0) is 6.54 Å². The van der Waals surface area contributed by atoms with Crippen molar-refractivity contribution in [1.29, 1.82) is 0 Å². The van der Waals surface area contributed by atoms with Gasteiger partial charge >= 0.3 is 5.97 Å². The molecule has 6 nitrogen and oxygen atoms in total. The van der Waals surface area contributed by atoms with E-state index in [0.29, 0.717) is 18.2 Å². The van der Waals surface area contributed by atoms with E-state index in [9.17, 15) is 9.59 Å². The molecule has 0 atom stereocenters. The van der Waals surface area contributed by atoms with E-state index in [-0.39, 0.29) is 5.56 Å². The Morgan fingerprint density at radius 1 is 1.33 bits per heavy atom. The molecule has 0 spiro atoms. The number of rotatable bonds is 5. The van der Waals surface area contributed by atoms with E-state index >= 15 is 0 Å². The SMILES string of the molecule is O=Cc1nnn(Cc2ccc(C(=O)O)cc2)c1C1CCC1. The summed E-state index contributed by atoms with van der Waals surface area (Å²) in [5, 5.41) is 16.9. The van der Waals surface area contributed by atoms with Crippen molar-refractivity contribution >= 4 is 12.3 Å². The van der Waals surface area contributed by atoms with Gasteiger partial charge in [-0.15, -0.1) is 5.10 Å². The summed E-state index contributed by atoms with van der Waals surface area (Å²) in [5.41, 5.74) is 2.51. The zero-order valence-electron chi connectivity index (χ0n) is 11.4. The molecule has 1 fully saturated rings. The number of benzene rings is 1. The molecule has 2 aromatic rings. The van der Waals surface area contributed by atoms with Gasteiger partial charge in [-0.3, -0.25) is 4.79 Å². The first-order valence-electron chi connectivity index (χ1n) is 6.90. The summed E-state index contributed by atoms with van der Waals surface area (Å²) in [7, 11) is 0. The summed E-state index contributed by atoms with van der Waals surface area (Å²) >= 11 is 0. The summed E-state index contributed by atoms with van der Waals surface area (Å²) in [5.74, 6) is -0.584. The molecule has 21 heavy (non-hydrogen) atoms. The monoisotopic (exact) mass is 285 g/mol. The fourth-order valence-electron chi connectivity index (χ4n) is 2.56. The molecule has 108 valence electrons. The van der Waals surface area contributed by atoms with Crippen LogP contribution in [0.1, 0.15) is 57.3 Å². The van der Waals surface area contributed by atoms with Gasteiger partial charge in [-0.2, -0.15) is 0 Å². The number of carbonyl (C=O) groups is 2. The van der Waals surface area contributed by atoms with Crippen molar-refractivity contribution in [3.63, 3.8) is 0 Å². The molecule has 0 amide bonds. The lowest BCUT2D eigenvalue weighted by Crippen LogP contribution is -2.17. The fraction of sp³-hybridized carbons (Fsp3) is 0.333. The quantitative estimate of drug-likeness (QED) is 0.850. The zero-order valence-corrected chi connectivity index (χ0v) is 11.4. The van der Waals surface area contributed by atoms with Gasteiger partial charge in [0.2, 0.25) is 0 Å². The van der Waals surface area contributed by atoms with Crippen LogP contribution in [0.5, 0.6) is 0 Å². The van der Waals surface area contributed by atoms with Crippen LogP contribution in [0.3, 0.4) is 0 Å². The molecule has 1 heterocycles. The molecule has 1 N–H and O–H groups in total. The van der Waals surface area contributed by atoms with Crippen molar-refractivity contribution in [2.45, 2.75) is 31.7 Å². The second-order valence-corrected chi connectivity index (χ2v) is 5.27. The first-order chi connectivity index (χ1) is 10.2. The number of nitrogens with zero attached hydrogens (tertiary/aromatic N) is 3. The summed E-state index contributed by atoms with van der Waals surface area (Å²) in [4.78, 5) is 21.9. The Labute approximate surface area is 121 Å². The summed E-state index contributed by atoms with van der Waals surface area (Å²) < 4.78 is 1.75. The van der Waals surface area contributed by atoms with Crippen molar-refractivity contribution in [1.82, 2.24) is 15.0 Å². The van der Waals surface area contributed by atoms with Crippen LogP contribution >= 0.6 is 0 Å². The molecule has 0 unspecified atom stereocenters. The van der Waals surface area contributed by atoms with E-state index in [4.69, 9.17) is 5.11 Å². The van der Waals surface area contributed by atoms with Gasteiger partial charge in [-0.25, -0.2) is 9.48 Å². The smallest absolute Gasteiger partial charge is 0.335 e. The van der Waals surface area contributed by atoms with Crippen molar-refractivity contribution in [3.05, 3.63) is 46.8 Å². The fourth-order valence-corrected chi connectivity index (χ4v) is 2.56. The van der Waals surface area contributed by atoms with Crippen LogP contribution in [0.4, 0.5) is 0 Å². The maximum atomic E-state index is 11.1. The van der Waals surface area contributed by atoms with Gasteiger partial charge in [0.15, 0.2) is 6.29 Å². The van der Waals surface area contributed by atoms with E-state index in [1.165, 1.54) is 6.42 Å². The minimum absolute atomic E-state index is 0.255. The number of aromatic carboxylic acids is 1. The van der Waals surface area contributed by atoms with Crippen LogP contribution in [-0.4, -0.2) is 32.4 Å². The van der Waals surface area contributed by atoms with Crippen molar-refractivity contribution < 1.29 is 14.7 Å². The number of hydrogen-bond donors (Lipinski definition) is 1. The molecule has 1 saturated carbocycles. The summed E-state index contributed by atoms with van der Waals surface area (Å²) in [6.45, 7) is 0.493. The van der Waals surface area contributed by atoms with Gasteiger partial charge in [0.1, 0.15) is 5.69 Å². The maximum Gasteiger partial charge on any atom is 0.335 e. The molecule has 0 radical (unpaired) electrons. The molecule has 1 aromatic carbocycles. The van der Waals surface area contributed by atoms with Crippen LogP contribution in [0.2, 0.25) is 0 Å². The average Bonchev–Trinajstić information content (AvgIpc) is 2.80. The normalized spacial score (nSPS) is 14.7. The second-order valence-electron chi connectivity index (χ2n) is 5.27. The largest absolute Gasteiger partial charge is 0.478 e. The molecule has 0 bridgehead atoms.